The van der Waals surface area contributed by atoms with E-state index in [-0.39, 0.29) is 29.9 Å². The van der Waals surface area contributed by atoms with Crippen molar-refractivity contribution in [2.45, 2.75) is 51.5 Å². The molecule has 1 atom stereocenters. The normalized spacial score (nSPS) is 21.2. The van der Waals surface area contributed by atoms with Crippen LogP contribution in [0.15, 0.2) is 18.7 Å². The molecule has 7 heteroatoms. The largest absolute Gasteiger partial charge is 0.396 e. The van der Waals surface area contributed by atoms with Gasteiger partial charge in [0.1, 0.15) is 0 Å². The van der Waals surface area contributed by atoms with Gasteiger partial charge in [-0.1, -0.05) is 0 Å². The van der Waals surface area contributed by atoms with Crippen molar-refractivity contribution in [3.05, 3.63) is 18.7 Å². The fourth-order valence-corrected chi connectivity index (χ4v) is 4.22. The zero-order valence-corrected chi connectivity index (χ0v) is 15.6. The first-order valence-electron chi connectivity index (χ1n) is 9.67. The molecular formula is C19H30N4O3. The molecule has 1 spiro atoms. The van der Waals surface area contributed by atoms with E-state index in [1.807, 2.05) is 27.5 Å². The van der Waals surface area contributed by atoms with Crippen LogP contribution in [0.4, 0.5) is 0 Å². The van der Waals surface area contributed by atoms with Gasteiger partial charge in [-0.3, -0.25) is 9.59 Å². The minimum absolute atomic E-state index is 0.113. The molecule has 7 nitrogen and oxygen atoms in total. The summed E-state index contributed by atoms with van der Waals surface area (Å²) in [5, 5.41) is 9.03. The van der Waals surface area contributed by atoms with Gasteiger partial charge in [0, 0.05) is 64.1 Å². The van der Waals surface area contributed by atoms with Crippen LogP contribution in [0.5, 0.6) is 0 Å². The molecule has 2 saturated heterocycles. The Morgan fingerprint density at radius 3 is 2.77 bits per heavy atom. The van der Waals surface area contributed by atoms with Gasteiger partial charge in [0.2, 0.25) is 11.8 Å². The van der Waals surface area contributed by atoms with Crippen LogP contribution >= 0.6 is 0 Å². The summed E-state index contributed by atoms with van der Waals surface area (Å²) in [5.74, 6) is 0.404. The SMILES string of the molecule is C[C@H](CC(=O)N1CCC2(CCC(=O)N(CCCO)C2)CC1)n1ccnc1. The molecule has 0 bridgehead atoms. The lowest BCUT2D eigenvalue weighted by Crippen LogP contribution is -2.52. The Kier molecular flexibility index (Phi) is 5.96. The second-order valence-corrected chi connectivity index (χ2v) is 7.84. The molecule has 0 saturated carbocycles. The lowest BCUT2D eigenvalue weighted by Gasteiger charge is -2.47. The van der Waals surface area contributed by atoms with E-state index in [1.165, 1.54) is 0 Å². The smallest absolute Gasteiger partial charge is 0.224 e. The number of imidazole rings is 1. The quantitative estimate of drug-likeness (QED) is 0.831. The fraction of sp³-hybridized carbons (Fsp3) is 0.737. The molecule has 3 rings (SSSR count). The van der Waals surface area contributed by atoms with Gasteiger partial charge >= 0.3 is 0 Å². The van der Waals surface area contributed by atoms with E-state index in [4.69, 9.17) is 5.11 Å². The summed E-state index contributed by atoms with van der Waals surface area (Å²) in [5.41, 5.74) is 0.149. The summed E-state index contributed by atoms with van der Waals surface area (Å²) < 4.78 is 1.97. The topological polar surface area (TPSA) is 78.7 Å². The molecule has 0 radical (unpaired) electrons. The van der Waals surface area contributed by atoms with Crippen molar-refractivity contribution in [3.8, 4) is 0 Å². The van der Waals surface area contributed by atoms with Gasteiger partial charge in [-0.05, 0) is 38.0 Å². The molecule has 144 valence electrons. The Hall–Kier alpha value is -1.89. The summed E-state index contributed by atoms with van der Waals surface area (Å²) in [6.07, 6.45) is 9.95. The number of hydrogen-bond acceptors (Lipinski definition) is 4. The third kappa shape index (κ3) is 4.26. The molecule has 1 aromatic heterocycles. The molecular weight excluding hydrogens is 332 g/mol. The van der Waals surface area contributed by atoms with E-state index in [0.717, 1.165) is 38.9 Å². The highest BCUT2D eigenvalue weighted by molar-refractivity contribution is 5.78. The molecule has 2 aliphatic rings. The van der Waals surface area contributed by atoms with Crippen molar-refractivity contribution in [2.75, 3.05) is 32.8 Å². The summed E-state index contributed by atoms with van der Waals surface area (Å²) in [6, 6.07) is 0.113. The number of carbonyl (C=O) groups excluding carboxylic acids is 2. The summed E-state index contributed by atoms with van der Waals surface area (Å²) in [6.45, 7) is 5.13. The number of likely N-dealkylation sites (tertiary alicyclic amines) is 2. The predicted octanol–water partition coefficient (Wildman–Crippen LogP) is 1.45. The van der Waals surface area contributed by atoms with Crippen LogP contribution < -0.4 is 0 Å². The molecule has 2 fully saturated rings. The number of hydrogen-bond donors (Lipinski definition) is 1. The van der Waals surface area contributed by atoms with Gasteiger partial charge in [0.15, 0.2) is 0 Å². The van der Waals surface area contributed by atoms with E-state index in [1.54, 1.807) is 12.5 Å². The van der Waals surface area contributed by atoms with Crippen LogP contribution in [-0.2, 0) is 9.59 Å². The maximum atomic E-state index is 12.6. The average Bonchev–Trinajstić information content (AvgIpc) is 3.18. The van der Waals surface area contributed by atoms with Crippen LogP contribution in [0.25, 0.3) is 0 Å². The lowest BCUT2D eigenvalue weighted by molar-refractivity contribution is -0.142. The van der Waals surface area contributed by atoms with Crippen LogP contribution in [-0.4, -0.2) is 69.1 Å². The van der Waals surface area contributed by atoms with Crippen molar-refractivity contribution in [2.24, 2.45) is 5.41 Å². The number of aliphatic hydroxyl groups is 1. The zero-order valence-electron chi connectivity index (χ0n) is 15.6. The molecule has 0 aromatic carbocycles. The Morgan fingerprint density at radius 1 is 1.35 bits per heavy atom. The van der Waals surface area contributed by atoms with E-state index in [9.17, 15) is 9.59 Å². The third-order valence-corrected chi connectivity index (χ3v) is 6.01. The highest BCUT2D eigenvalue weighted by atomic mass is 16.3. The van der Waals surface area contributed by atoms with Crippen molar-refractivity contribution in [1.82, 2.24) is 19.4 Å². The van der Waals surface area contributed by atoms with E-state index < -0.39 is 0 Å². The van der Waals surface area contributed by atoms with Crippen molar-refractivity contribution < 1.29 is 14.7 Å². The van der Waals surface area contributed by atoms with Crippen LogP contribution in [0.1, 0.15) is 51.5 Å². The van der Waals surface area contributed by atoms with Gasteiger partial charge in [0.05, 0.1) is 6.33 Å². The molecule has 2 aliphatic heterocycles. The minimum atomic E-state index is 0.113. The van der Waals surface area contributed by atoms with Gasteiger partial charge < -0.3 is 19.5 Å². The minimum Gasteiger partial charge on any atom is -0.396 e. The highest BCUT2D eigenvalue weighted by Gasteiger charge is 2.41. The molecule has 0 aliphatic carbocycles. The van der Waals surface area contributed by atoms with Gasteiger partial charge in [-0.25, -0.2) is 4.98 Å². The number of aromatic nitrogens is 2. The zero-order chi connectivity index (χ0) is 18.6. The monoisotopic (exact) mass is 362 g/mol. The van der Waals surface area contributed by atoms with Crippen LogP contribution in [0.2, 0.25) is 0 Å². The number of piperidine rings is 2. The van der Waals surface area contributed by atoms with Crippen molar-refractivity contribution in [1.29, 1.82) is 0 Å². The van der Waals surface area contributed by atoms with Crippen molar-refractivity contribution >= 4 is 11.8 Å². The summed E-state index contributed by atoms with van der Waals surface area (Å²) >= 11 is 0. The maximum absolute atomic E-state index is 12.6. The number of amides is 2. The Balaban J connectivity index is 1.51. The molecule has 0 unspecified atom stereocenters. The Bertz CT molecular complexity index is 608. The number of aliphatic hydroxyl groups excluding tert-OH is 1. The fourth-order valence-electron chi connectivity index (χ4n) is 4.22. The number of rotatable bonds is 6. The lowest BCUT2D eigenvalue weighted by atomic mass is 9.72. The first-order chi connectivity index (χ1) is 12.5. The first kappa shape index (κ1) is 18.9. The van der Waals surface area contributed by atoms with Gasteiger partial charge in [-0.15, -0.1) is 0 Å². The molecule has 26 heavy (non-hydrogen) atoms. The van der Waals surface area contributed by atoms with Gasteiger partial charge in [-0.2, -0.15) is 0 Å². The van der Waals surface area contributed by atoms with Gasteiger partial charge in [0.25, 0.3) is 0 Å². The molecule has 1 aromatic rings. The maximum Gasteiger partial charge on any atom is 0.224 e. The highest BCUT2D eigenvalue weighted by Crippen LogP contribution is 2.40. The van der Waals surface area contributed by atoms with Crippen LogP contribution in [0.3, 0.4) is 0 Å². The van der Waals surface area contributed by atoms with E-state index >= 15 is 0 Å². The number of carbonyl (C=O) groups is 2. The van der Waals surface area contributed by atoms with E-state index in [0.29, 0.717) is 25.8 Å². The standard InChI is InChI=1S/C19H30N4O3/c1-16(23-11-7-20-15-23)13-18(26)21-9-5-19(6-10-21)4-3-17(25)22(14-19)8-2-12-24/h7,11,15-16,24H,2-6,8-10,12-14H2,1H3/t16-/m1/s1. The summed E-state index contributed by atoms with van der Waals surface area (Å²) in [4.78, 5) is 32.7. The molecule has 3 heterocycles. The average molecular weight is 362 g/mol. The second kappa shape index (κ2) is 8.20. The number of nitrogens with zero attached hydrogens (tertiary/aromatic N) is 4. The Labute approximate surface area is 155 Å². The third-order valence-electron chi connectivity index (χ3n) is 6.01. The predicted molar refractivity (Wildman–Crippen MR) is 97.3 cm³/mol. The Morgan fingerprint density at radius 2 is 2.12 bits per heavy atom. The first-order valence-corrected chi connectivity index (χ1v) is 9.67. The molecule has 1 N–H and O–H groups in total. The van der Waals surface area contributed by atoms with E-state index in [2.05, 4.69) is 4.98 Å². The second-order valence-electron chi connectivity index (χ2n) is 7.84. The van der Waals surface area contributed by atoms with Crippen LogP contribution in [0, 0.1) is 5.41 Å². The molecule has 2 amide bonds. The summed E-state index contributed by atoms with van der Waals surface area (Å²) in [7, 11) is 0. The van der Waals surface area contributed by atoms with Crippen molar-refractivity contribution in [3.63, 3.8) is 0 Å².